The standard InChI is InChI=1S/C12H20N6O/c1-17-4-3-9(7-17)8-18(2)11-6-14-10(5-15-11)12(13)16-19/h5-6,9,19H,3-4,7-8H2,1-2H3,(H2,13,16). The first-order valence-electron chi connectivity index (χ1n) is 6.29. The van der Waals surface area contributed by atoms with Gasteiger partial charge < -0.3 is 20.7 Å². The highest BCUT2D eigenvalue weighted by atomic mass is 16.4. The van der Waals surface area contributed by atoms with Crippen LogP contribution in [0, 0.1) is 5.92 Å². The zero-order valence-corrected chi connectivity index (χ0v) is 11.3. The van der Waals surface area contributed by atoms with E-state index in [1.54, 1.807) is 6.20 Å². The summed E-state index contributed by atoms with van der Waals surface area (Å²) in [5.41, 5.74) is 5.82. The smallest absolute Gasteiger partial charge is 0.190 e. The van der Waals surface area contributed by atoms with E-state index in [9.17, 15) is 0 Å². The summed E-state index contributed by atoms with van der Waals surface area (Å²) in [6.45, 7) is 3.24. The maximum Gasteiger partial charge on any atom is 0.190 e. The molecule has 1 aromatic rings. The molecule has 19 heavy (non-hydrogen) atoms. The van der Waals surface area contributed by atoms with E-state index in [2.05, 4.69) is 32.0 Å². The number of likely N-dealkylation sites (tertiary alicyclic amines) is 1. The average Bonchev–Trinajstić information content (AvgIpc) is 2.83. The van der Waals surface area contributed by atoms with Crippen molar-refractivity contribution in [3.63, 3.8) is 0 Å². The van der Waals surface area contributed by atoms with Gasteiger partial charge in [-0.2, -0.15) is 0 Å². The van der Waals surface area contributed by atoms with Crippen LogP contribution in [0.5, 0.6) is 0 Å². The summed E-state index contributed by atoms with van der Waals surface area (Å²) in [6, 6.07) is 0. The van der Waals surface area contributed by atoms with E-state index in [1.807, 2.05) is 7.05 Å². The van der Waals surface area contributed by atoms with Crippen LogP contribution in [0.3, 0.4) is 0 Å². The van der Waals surface area contributed by atoms with Crippen LogP contribution in [0.25, 0.3) is 0 Å². The predicted molar refractivity (Wildman–Crippen MR) is 73.4 cm³/mol. The van der Waals surface area contributed by atoms with Crippen LogP contribution in [0.4, 0.5) is 5.82 Å². The minimum atomic E-state index is -0.0286. The van der Waals surface area contributed by atoms with Crippen LogP contribution >= 0.6 is 0 Å². The fraction of sp³-hybridized carbons (Fsp3) is 0.583. The number of hydrogen-bond donors (Lipinski definition) is 2. The molecule has 0 spiro atoms. The molecule has 1 unspecified atom stereocenters. The molecule has 0 radical (unpaired) electrons. The third kappa shape index (κ3) is 3.31. The number of oxime groups is 1. The second-order valence-corrected chi connectivity index (χ2v) is 5.04. The van der Waals surface area contributed by atoms with Gasteiger partial charge in [-0.3, -0.25) is 0 Å². The maximum atomic E-state index is 8.56. The van der Waals surface area contributed by atoms with Crippen molar-refractivity contribution in [3.8, 4) is 0 Å². The van der Waals surface area contributed by atoms with E-state index < -0.39 is 0 Å². The lowest BCUT2D eigenvalue weighted by Gasteiger charge is -2.21. The Morgan fingerprint density at radius 3 is 2.89 bits per heavy atom. The molecule has 1 saturated heterocycles. The molecule has 0 bridgehead atoms. The van der Waals surface area contributed by atoms with Crippen molar-refractivity contribution in [2.75, 3.05) is 38.6 Å². The minimum Gasteiger partial charge on any atom is -0.409 e. The van der Waals surface area contributed by atoms with Crippen molar-refractivity contribution in [1.29, 1.82) is 0 Å². The largest absolute Gasteiger partial charge is 0.409 e. The van der Waals surface area contributed by atoms with Crippen LogP contribution in [-0.4, -0.2) is 59.6 Å². The fourth-order valence-corrected chi connectivity index (χ4v) is 2.36. The zero-order chi connectivity index (χ0) is 13.8. The Balaban J connectivity index is 1.97. The van der Waals surface area contributed by atoms with E-state index >= 15 is 0 Å². The highest BCUT2D eigenvalue weighted by Crippen LogP contribution is 2.17. The molecule has 2 rings (SSSR count). The topological polar surface area (TPSA) is 90.9 Å². The molecule has 0 aliphatic carbocycles. The summed E-state index contributed by atoms with van der Waals surface area (Å²) in [5, 5.41) is 11.5. The first-order valence-corrected chi connectivity index (χ1v) is 6.29. The number of amidine groups is 1. The van der Waals surface area contributed by atoms with Crippen molar-refractivity contribution < 1.29 is 5.21 Å². The Morgan fingerprint density at radius 1 is 1.58 bits per heavy atom. The quantitative estimate of drug-likeness (QED) is 0.343. The molecule has 7 heteroatoms. The van der Waals surface area contributed by atoms with Crippen LogP contribution in [-0.2, 0) is 0 Å². The Hall–Kier alpha value is -1.89. The van der Waals surface area contributed by atoms with Crippen molar-refractivity contribution in [2.24, 2.45) is 16.8 Å². The Morgan fingerprint density at radius 2 is 2.37 bits per heavy atom. The summed E-state index contributed by atoms with van der Waals surface area (Å²) in [5.74, 6) is 1.43. The van der Waals surface area contributed by atoms with Crippen LogP contribution in [0.1, 0.15) is 12.1 Å². The van der Waals surface area contributed by atoms with Gasteiger partial charge in [0, 0.05) is 20.1 Å². The molecule has 1 aliphatic heterocycles. The summed E-state index contributed by atoms with van der Waals surface area (Å²) in [7, 11) is 4.15. The number of aromatic nitrogens is 2. The maximum absolute atomic E-state index is 8.56. The lowest BCUT2D eigenvalue weighted by molar-refractivity contribution is 0.318. The Labute approximate surface area is 112 Å². The van der Waals surface area contributed by atoms with Crippen molar-refractivity contribution >= 4 is 11.7 Å². The van der Waals surface area contributed by atoms with Gasteiger partial charge in [0.25, 0.3) is 0 Å². The third-order valence-electron chi connectivity index (χ3n) is 3.42. The molecule has 1 aliphatic rings. The molecule has 1 atom stereocenters. The molecule has 0 aromatic carbocycles. The van der Waals surface area contributed by atoms with Gasteiger partial charge in [-0.25, -0.2) is 9.97 Å². The Bertz CT molecular complexity index is 446. The number of hydrogen-bond acceptors (Lipinski definition) is 6. The van der Waals surface area contributed by atoms with E-state index in [-0.39, 0.29) is 5.84 Å². The molecule has 3 N–H and O–H groups in total. The van der Waals surface area contributed by atoms with Crippen molar-refractivity contribution in [3.05, 3.63) is 18.1 Å². The minimum absolute atomic E-state index is 0.0286. The van der Waals surface area contributed by atoms with Gasteiger partial charge in [-0.15, -0.1) is 0 Å². The molecule has 0 saturated carbocycles. The highest BCUT2D eigenvalue weighted by molar-refractivity contribution is 5.94. The van der Waals surface area contributed by atoms with Gasteiger partial charge in [-0.1, -0.05) is 5.16 Å². The van der Waals surface area contributed by atoms with Gasteiger partial charge in [0.1, 0.15) is 11.5 Å². The van der Waals surface area contributed by atoms with E-state index in [0.717, 1.165) is 25.5 Å². The third-order valence-corrected chi connectivity index (χ3v) is 3.42. The highest BCUT2D eigenvalue weighted by Gasteiger charge is 2.21. The number of nitrogens with two attached hydrogens (primary N) is 1. The molecule has 104 valence electrons. The van der Waals surface area contributed by atoms with Crippen LogP contribution < -0.4 is 10.6 Å². The van der Waals surface area contributed by atoms with Crippen LogP contribution in [0.15, 0.2) is 17.5 Å². The lowest BCUT2D eigenvalue weighted by Crippen LogP contribution is -2.28. The molecule has 7 nitrogen and oxygen atoms in total. The monoisotopic (exact) mass is 264 g/mol. The second-order valence-electron chi connectivity index (χ2n) is 5.04. The van der Waals surface area contributed by atoms with Crippen molar-refractivity contribution in [1.82, 2.24) is 14.9 Å². The summed E-state index contributed by atoms with van der Waals surface area (Å²) < 4.78 is 0. The Kier molecular flexibility index (Phi) is 4.16. The molecule has 1 fully saturated rings. The summed E-state index contributed by atoms with van der Waals surface area (Å²) in [6.07, 6.45) is 4.38. The van der Waals surface area contributed by atoms with Crippen LogP contribution in [0.2, 0.25) is 0 Å². The molecular weight excluding hydrogens is 244 g/mol. The average molecular weight is 264 g/mol. The first-order chi connectivity index (χ1) is 9.10. The van der Waals surface area contributed by atoms with E-state index in [0.29, 0.717) is 11.6 Å². The van der Waals surface area contributed by atoms with E-state index in [4.69, 9.17) is 10.9 Å². The van der Waals surface area contributed by atoms with Crippen molar-refractivity contribution in [2.45, 2.75) is 6.42 Å². The predicted octanol–water partition coefficient (Wildman–Crippen LogP) is -0.0410. The molecule has 0 amide bonds. The first kappa shape index (κ1) is 13.5. The lowest BCUT2D eigenvalue weighted by atomic mass is 10.1. The van der Waals surface area contributed by atoms with Gasteiger partial charge in [0.15, 0.2) is 5.84 Å². The SMILES string of the molecule is CN1CCC(CN(C)c2cnc(C(N)=NO)cn2)C1. The molecule has 1 aromatic heterocycles. The summed E-state index contributed by atoms with van der Waals surface area (Å²) >= 11 is 0. The summed E-state index contributed by atoms with van der Waals surface area (Å²) in [4.78, 5) is 12.8. The van der Waals surface area contributed by atoms with Gasteiger partial charge in [0.05, 0.1) is 12.4 Å². The van der Waals surface area contributed by atoms with E-state index in [1.165, 1.54) is 12.6 Å². The molecular formula is C12H20N6O. The fourth-order valence-electron chi connectivity index (χ4n) is 2.36. The number of rotatable bonds is 4. The van der Waals surface area contributed by atoms with Gasteiger partial charge in [0.2, 0.25) is 0 Å². The van der Waals surface area contributed by atoms with Gasteiger partial charge >= 0.3 is 0 Å². The number of nitrogens with zero attached hydrogens (tertiary/aromatic N) is 5. The number of anilines is 1. The second kappa shape index (κ2) is 5.83. The molecule has 2 heterocycles. The normalized spacial score (nSPS) is 20.7. The zero-order valence-electron chi connectivity index (χ0n) is 11.3. The van der Waals surface area contributed by atoms with Gasteiger partial charge in [-0.05, 0) is 25.9 Å².